The average Bonchev–Trinajstić information content (AvgIpc) is 2.98. The van der Waals surface area contributed by atoms with Crippen LogP contribution in [0.1, 0.15) is 39.7 Å². The number of amides is 1. The Morgan fingerprint density at radius 3 is 2.61 bits per heavy atom. The second kappa shape index (κ2) is 5.52. The number of rotatable bonds is 4. The number of hydrogen-bond acceptors (Lipinski definition) is 3. The molecule has 1 aromatic rings. The van der Waals surface area contributed by atoms with E-state index in [-0.39, 0.29) is 18.0 Å². The van der Waals surface area contributed by atoms with Crippen LogP contribution in [0.4, 0.5) is 5.82 Å². The molecule has 0 saturated carbocycles. The van der Waals surface area contributed by atoms with Gasteiger partial charge in [0.15, 0.2) is 0 Å². The Morgan fingerprint density at radius 1 is 1.33 bits per heavy atom. The Balaban J connectivity index is 1.99. The third kappa shape index (κ3) is 2.72. The average molecular weight is 250 g/mol. The number of carbonyl (C=O) groups excluding carboxylic acids is 1. The molecular weight excluding hydrogens is 228 g/mol. The van der Waals surface area contributed by atoms with Gasteiger partial charge >= 0.3 is 0 Å². The van der Waals surface area contributed by atoms with Crippen molar-refractivity contribution in [2.45, 2.75) is 45.7 Å². The maximum absolute atomic E-state index is 12.2. The molecule has 1 amide bonds. The van der Waals surface area contributed by atoms with Crippen LogP contribution in [-0.4, -0.2) is 39.7 Å². The number of nitrogens with one attached hydrogen (secondary N) is 1. The molecule has 1 atom stereocenters. The quantitative estimate of drug-likeness (QED) is 0.887. The zero-order valence-electron chi connectivity index (χ0n) is 11.4. The zero-order valence-corrected chi connectivity index (χ0v) is 11.4. The topological polar surface area (TPSA) is 50.2 Å². The van der Waals surface area contributed by atoms with Crippen molar-refractivity contribution in [3.8, 4) is 0 Å². The number of aromatic nitrogens is 2. The number of carbonyl (C=O) groups is 1. The Hall–Kier alpha value is -1.36. The summed E-state index contributed by atoms with van der Waals surface area (Å²) < 4.78 is 1.83. The highest BCUT2D eigenvalue weighted by Gasteiger charge is 2.24. The summed E-state index contributed by atoms with van der Waals surface area (Å²) in [7, 11) is 0. The molecule has 1 aliphatic heterocycles. The monoisotopic (exact) mass is 250 g/mol. The Bertz CT molecular complexity index is 407. The summed E-state index contributed by atoms with van der Waals surface area (Å²) in [6, 6.07) is 2.02. The van der Waals surface area contributed by atoms with Crippen LogP contribution in [0, 0.1) is 0 Å². The molecule has 0 spiro atoms. The summed E-state index contributed by atoms with van der Waals surface area (Å²) in [6.07, 6.45) is 4.11. The van der Waals surface area contributed by atoms with Gasteiger partial charge in [-0.3, -0.25) is 9.69 Å². The van der Waals surface area contributed by atoms with Crippen LogP contribution in [0.25, 0.3) is 0 Å². The number of likely N-dealkylation sites (tertiary alicyclic amines) is 1. The summed E-state index contributed by atoms with van der Waals surface area (Å²) in [5.74, 6) is 0.834. The summed E-state index contributed by atoms with van der Waals surface area (Å²) in [5, 5.41) is 7.18. The van der Waals surface area contributed by atoms with Crippen LogP contribution in [-0.2, 0) is 4.79 Å². The Morgan fingerprint density at radius 2 is 2.00 bits per heavy atom. The van der Waals surface area contributed by atoms with Crippen molar-refractivity contribution in [1.29, 1.82) is 0 Å². The molecule has 0 aliphatic carbocycles. The van der Waals surface area contributed by atoms with Crippen molar-refractivity contribution in [3.63, 3.8) is 0 Å². The van der Waals surface area contributed by atoms with Gasteiger partial charge in [0.25, 0.3) is 0 Å². The second-order valence-electron chi connectivity index (χ2n) is 5.16. The third-order valence-electron chi connectivity index (χ3n) is 3.48. The first-order valence-corrected chi connectivity index (χ1v) is 6.68. The molecule has 100 valence electrons. The van der Waals surface area contributed by atoms with Crippen LogP contribution in [0.15, 0.2) is 12.3 Å². The lowest BCUT2D eigenvalue weighted by Gasteiger charge is -2.23. The maximum Gasteiger partial charge on any atom is 0.242 e. The van der Waals surface area contributed by atoms with Crippen LogP contribution in [0.5, 0.6) is 0 Å². The minimum atomic E-state index is -0.0667. The van der Waals surface area contributed by atoms with E-state index in [1.54, 1.807) is 6.20 Å². The lowest BCUT2D eigenvalue weighted by molar-refractivity contribution is -0.120. The van der Waals surface area contributed by atoms with Crippen molar-refractivity contribution in [1.82, 2.24) is 14.7 Å². The number of nitrogens with zero attached hydrogens (tertiary/aromatic N) is 3. The van der Waals surface area contributed by atoms with E-state index in [0.717, 1.165) is 18.9 Å². The van der Waals surface area contributed by atoms with E-state index in [1.165, 1.54) is 12.8 Å². The van der Waals surface area contributed by atoms with E-state index in [2.05, 4.69) is 15.3 Å². The van der Waals surface area contributed by atoms with Gasteiger partial charge in [0.05, 0.1) is 12.2 Å². The number of hydrogen-bond donors (Lipinski definition) is 1. The largest absolute Gasteiger partial charge is 0.310 e. The molecule has 0 radical (unpaired) electrons. The highest BCUT2D eigenvalue weighted by molar-refractivity contribution is 5.93. The van der Waals surface area contributed by atoms with Gasteiger partial charge in [0.1, 0.15) is 5.82 Å². The highest BCUT2D eigenvalue weighted by atomic mass is 16.2. The normalized spacial score (nSPS) is 18.2. The molecule has 2 rings (SSSR count). The van der Waals surface area contributed by atoms with E-state index < -0.39 is 0 Å². The van der Waals surface area contributed by atoms with E-state index in [1.807, 2.05) is 31.5 Å². The molecular formula is C13H22N4O. The molecule has 18 heavy (non-hydrogen) atoms. The zero-order chi connectivity index (χ0) is 13.1. The fourth-order valence-electron chi connectivity index (χ4n) is 2.35. The van der Waals surface area contributed by atoms with Gasteiger partial charge in [-0.05, 0) is 46.7 Å². The molecule has 1 aliphatic rings. The number of anilines is 1. The summed E-state index contributed by atoms with van der Waals surface area (Å²) in [6.45, 7) is 8.12. The third-order valence-corrected chi connectivity index (χ3v) is 3.48. The predicted octanol–water partition coefficient (Wildman–Crippen LogP) is 1.89. The molecule has 1 aromatic heterocycles. The smallest absolute Gasteiger partial charge is 0.242 e. The SMILES string of the molecule is CC(C)n1nccc1NC(=O)[C@H](C)N1CCCC1. The first kappa shape index (κ1) is 13.1. The molecule has 0 bridgehead atoms. The van der Waals surface area contributed by atoms with Crippen molar-refractivity contribution in [2.24, 2.45) is 0 Å². The van der Waals surface area contributed by atoms with Gasteiger partial charge in [0.2, 0.25) is 5.91 Å². The van der Waals surface area contributed by atoms with Crippen molar-refractivity contribution in [3.05, 3.63) is 12.3 Å². The van der Waals surface area contributed by atoms with Crippen LogP contribution in [0.2, 0.25) is 0 Å². The van der Waals surface area contributed by atoms with Crippen molar-refractivity contribution >= 4 is 11.7 Å². The minimum Gasteiger partial charge on any atom is -0.310 e. The van der Waals surface area contributed by atoms with Gasteiger partial charge in [-0.15, -0.1) is 0 Å². The van der Waals surface area contributed by atoms with Crippen LogP contribution < -0.4 is 5.32 Å². The van der Waals surface area contributed by atoms with Gasteiger partial charge in [0, 0.05) is 12.1 Å². The first-order valence-electron chi connectivity index (χ1n) is 6.68. The predicted molar refractivity (Wildman–Crippen MR) is 71.5 cm³/mol. The van der Waals surface area contributed by atoms with Gasteiger partial charge in [-0.2, -0.15) is 5.10 Å². The first-order chi connectivity index (χ1) is 8.59. The van der Waals surface area contributed by atoms with Crippen LogP contribution in [0.3, 0.4) is 0 Å². The Kier molecular flexibility index (Phi) is 4.01. The molecule has 5 nitrogen and oxygen atoms in total. The fourth-order valence-corrected chi connectivity index (χ4v) is 2.35. The molecule has 1 N–H and O–H groups in total. The maximum atomic E-state index is 12.2. The van der Waals surface area contributed by atoms with Gasteiger partial charge < -0.3 is 5.32 Å². The second-order valence-corrected chi connectivity index (χ2v) is 5.16. The summed E-state index contributed by atoms with van der Waals surface area (Å²) >= 11 is 0. The molecule has 1 saturated heterocycles. The lowest BCUT2D eigenvalue weighted by atomic mass is 10.3. The highest BCUT2D eigenvalue weighted by Crippen LogP contribution is 2.16. The summed E-state index contributed by atoms with van der Waals surface area (Å²) in [5.41, 5.74) is 0. The van der Waals surface area contributed by atoms with E-state index in [0.29, 0.717) is 0 Å². The van der Waals surface area contributed by atoms with Gasteiger partial charge in [-0.25, -0.2) is 4.68 Å². The molecule has 0 unspecified atom stereocenters. The summed E-state index contributed by atoms with van der Waals surface area (Å²) in [4.78, 5) is 14.4. The van der Waals surface area contributed by atoms with Crippen LogP contribution >= 0.6 is 0 Å². The molecule has 1 fully saturated rings. The standard InChI is InChI=1S/C13H22N4O/c1-10(2)17-12(6-7-14-17)15-13(18)11(3)16-8-4-5-9-16/h6-7,10-11H,4-5,8-9H2,1-3H3,(H,15,18)/t11-/m0/s1. The molecule has 5 heteroatoms. The van der Waals surface area contributed by atoms with Crippen molar-refractivity contribution in [2.75, 3.05) is 18.4 Å². The van der Waals surface area contributed by atoms with E-state index in [9.17, 15) is 4.79 Å². The van der Waals surface area contributed by atoms with E-state index >= 15 is 0 Å². The van der Waals surface area contributed by atoms with Gasteiger partial charge in [-0.1, -0.05) is 0 Å². The molecule has 0 aromatic carbocycles. The van der Waals surface area contributed by atoms with Crippen molar-refractivity contribution < 1.29 is 4.79 Å². The minimum absolute atomic E-state index is 0.0549. The molecule has 2 heterocycles. The fraction of sp³-hybridized carbons (Fsp3) is 0.692. The van der Waals surface area contributed by atoms with E-state index in [4.69, 9.17) is 0 Å². The lowest BCUT2D eigenvalue weighted by Crippen LogP contribution is -2.40. The Labute approximate surface area is 108 Å².